The number of thiophene rings is 1. The second-order valence-electron chi connectivity index (χ2n) is 7.24. The van der Waals surface area contributed by atoms with E-state index in [2.05, 4.69) is 43.0 Å². The number of aliphatic hydroxyl groups is 1. The molecule has 5 rings (SSSR count). The number of benzene rings is 2. The van der Waals surface area contributed by atoms with E-state index >= 15 is 0 Å². The zero-order valence-corrected chi connectivity index (χ0v) is 18.4. The van der Waals surface area contributed by atoms with Gasteiger partial charge in [-0.25, -0.2) is 0 Å². The summed E-state index contributed by atoms with van der Waals surface area (Å²) < 4.78 is 1.21. The van der Waals surface area contributed by atoms with Crippen molar-refractivity contribution in [1.82, 2.24) is 0 Å². The Morgan fingerprint density at radius 3 is 2.57 bits per heavy atom. The van der Waals surface area contributed by atoms with E-state index in [1.54, 1.807) is 23.1 Å². The fourth-order valence-electron chi connectivity index (χ4n) is 4.05. The van der Waals surface area contributed by atoms with Crippen molar-refractivity contribution >= 4 is 50.7 Å². The van der Waals surface area contributed by atoms with Crippen LogP contribution < -0.4 is 4.90 Å². The number of Topliss-reactive ketones (excluding diaryl/α,β-unsaturated/α-hetero) is 1. The predicted molar refractivity (Wildman–Crippen MR) is 127 cm³/mol. The summed E-state index contributed by atoms with van der Waals surface area (Å²) in [5.41, 5.74) is 3.19. The minimum atomic E-state index is -0.0906. The molecule has 1 N–H and O–H groups in total. The normalized spacial score (nSPS) is 18.6. The number of carbonyl (C=O) groups is 1. The number of para-hydroxylation sites is 1. The van der Waals surface area contributed by atoms with Gasteiger partial charge in [-0.05, 0) is 54.6 Å². The van der Waals surface area contributed by atoms with Crippen LogP contribution in [0.3, 0.4) is 0 Å². The molecule has 3 aromatic rings. The molecule has 3 nitrogen and oxygen atoms in total. The van der Waals surface area contributed by atoms with Crippen molar-refractivity contribution in [2.45, 2.75) is 25.2 Å². The van der Waals surface area contributed by atoms with Crippen molar-refractivity contribution in [3.8, 4) is 0 Å². The molecule has 0 saturated carbocycles. The maximum absolute atomic E-state index is 12.9. The number of anilines is 1. The van der Waals surface area contributed by atoms with Crippen LogP contribution >= 0.6 is 23.1 Å². The Kier molecular flexibility index (Phi) is 4.80. The lowest BCUT2D eigenvalue weighted by Gasteiger charge is -2.22. The van der Waals surface area contributed by atoms with Gasteiger partial charge in [-0.3, -0.25) is 4.79 Å². The molecule has 0 spiro atoms. The molecule has 2 aliphatic rings. The number of rotatable bonds is 4. The van der Waals surface area contributed by atoms with Gasteiger partial charge in [0.1, 0.15) is 5.76 Å². The van der Waals surface area contributed by atoms with E-state index in [0.29, 0.717) is 11.1 Å². The van der Waals surface area contributed by atoms with Crippen molar-refractivity contribution in [3.63, 3.8) is 0 Å². The fourth-order valence-corrected chi connectivity index (χ4v) is 6.46. The molecule has 150 valence electrons. The maximum Gasteiger partial charge on any atom is 0.200 e. The minimum Gasteiger partial charge on any atom is -0.506 e. The van der Waals surface area contributed by atoms with Crippen LogP contribution in [-0.4, -0.2) is 17.4 Å². The number of nitrogens with zero attached hydrogens (tertiary/aromatic N) is 1. The highest BCUT2D eigenvalue weighted by Gasteiger charge is 2.34. The molecule has 5 heteroatoms. The highest BCUT2D eigenvalue weighted by Crippen LogP contribution is 2.47. The lowest BCUT2D eigenvalue weighted by atomic mass is 9.87. The van der Waals surface area contributed by atoms with Gasteiger partial charge in [-0.1, -0.05) is 49.0 Å². The third-order valence-electron chi connectivity index (χ3n) is 5.58. The number of hydrogen-bond donors (Lipinski definition) is 1. The van der Waals surface area contributed by atoms with E-state index in [4.69, 9.17) is 0 Å². The molecule has 0 saturated heterocycles. The largest absolute Gasteiger partial charge is 0.506 e. The van der Waals surface area contributed by atoms with Gasteiger partial charge in [-0.2, -0.15) is 0 Å². The summed E-state index contributed by atoms with van der Waals surface area (Å²) in [4.78, 5) is 17.3. The minimum absolute atomic E-state index is 0.0906. The summed E-state index contributed by atoms with van der Waals surface area (Å²) in [5.74, 6) is 0.00624. The second kappa shape index (κ2) is 7.49. The number of aliphatic hydroxyl groups excluding tert-OH is 1. The van der Waals surface area contributed by atoms with E-state index in [1.165, 1.54) is 20.5 Å². The average Bonchev–Trinajstić information content (AvgIpc) is 3.32. The van der Waals surface area contributed by atoms with Crippen LogP contribution in [0.25, 0.3) is 16.2 Å². The number of thioether (sulfide) groups is 1. The van der Waals surface area contributed by atoms with Gasteiger partial charge in [0, 0.05) is 21.0 Å². The van der Waals surface area contributed by atoms with Gasteiger partial charge in [0.2, 0.25) is 5.78 Å². The Balaban J connectivity index is 1.51. The first kappa shape index (κ1) is 19.2. The van der Waals surface area contributed by atoms with Crippen molar-refractivity contribution in [2.75, 3.05) is 11.4 Å². The number of aryl methyl sites for hydroxylation is 1. The van der Waals surface area contributed by atoms with E-state index in [9.17, 15) is 9.90 Å². The van der Waals surface area contributed by atoms with Crippen LogP contribution in [0.4, 0.5) is 5.69 Å². The molecule has 1 aromatic heterocycles. The molecule has 0 fully saturated rings. The summed E-state index contributed by atoms with van der Waals surface area (Å²) in [7, 11) is 0. The number of allylic oxidation sites excluding steroid dienone is 3. The Hall–Kier alpha value is -2.76. The molecule has 0 unspecified atom stereocenters. The smallest absolute Gasteiger partial charge is 0.200 e. The summed E-state index contributed by atoms with van der Waals surface area (Å²) in [6, 6.07) is 16.5. The monoisotopic (exact) mass is 431 g/mol. The first-order valence-corrected chi connectivity index (χ1v) is 11.7. The first-order chi connectivity index (χ1) is 14.6. The number of carbonyl (C=O) groups excluding carboxylic acids is 1. The summed E-state index contributed by atoms with van der Waals surface area (Å²) in [6.07, 6.45) is 4.57. The topological polar surface area (TPSA) is 40.5 Å². The van der Waals surface area contributed by atoms with Crippen molar-refractivity contribution in [3.05, 3.63) is 87.0 Å². The third-order valence-corrected chi connectivity index (χ3v) is 7.85. The van der Waals surface area contributed by atoms with E-state index < -0.39 is 0 Å². The Morgan fingerprint density at radius 2 is 1.80 bits per heavy atom. The Morgan fingerprint density at radius 1 is 1.03 bits per heavy atom. The number of ketones is 1. The van der Waals surface area contributed by atoms with Crippen molar-refractivity contribution < 1.29 is 9.90 Å². The highest BCUT2D eigenvalue weighted by molar-refractivity contribution is 8.03. The van der Waals surface area contributed by atoms with Gasteiger partial charge < -0.3 is 10.0 Å². The van der Waals surface area contributed by atoms with Gasteiger partial charge in [0.25, 0.3) is 0 Å². The van der Waals surface area contributed by atoms with Gasteiger partial charge in [0.15, 0.2) is 0 Å². The quantitative estimate of drug-likeness (QED) is 0.466. The predicted octanol–water partition coefficient (Wildman–Crippen LogP) is 6.72. The molecular weight excluding hydrogens is 410 g/mol. The Bertz CT molecular complexity index is 1280. The molecule has 1 aliphatic heterocycles. The molecule has 2 heterocycles. The third kappa shape index (κ3) is 2.92. The van der Waals surface area contributed by atoms with Crippen molar-refractivity contribution in [1.29, 1.82) is 0 Å². The highest BCUT2D eigenvalue weighted by atomic mass is 32.2. The van der Waals surface area contributed by atoms with Crippen LogP contribution in [0.15, 0.2) is 81.4 Å². The molecule has 30 heavy (non-hydrogen) atoms. The summed E-state index contributed by atoms with van der Waals surface area (Å²) in [6.45, 7) is 5.02. The van der Waals surface area contributed by atoms with Crippen LogP contribution in [-0.2, 0) is 11.2 Å². The van der Waals surface area contributed by atoms with Gasteiger partial charge in [-0.15, -0.1) is 11.3 Å². The zero-order valence-electron chi connectivity index (χ0n) is 16.8. The number of hydrogen-bond acceptors (Lipinski definition) is 5. The molecule has 0 amide bonds. The van der Waals surface area contributed by atoms with Crippen LogP contribution in [0, 0.1) is 0 Å². The lowest BCUT2D eigenvalue weighted by Crippen LogP contribution is -2.23. The maximum atomic E-state index is 12.9. The van der Waals surface area contributed by atoms with Crippen molar-refractivity contribution in [2.24, 2.45) is 0 Å². The molecule has 2 aromatic carbocycles. The summed E-state index contributed by atoms with van der Waals surface area (Å²) in [5, 5.41) is 12.9. The van der Waals surface area contributed by atoms with E-state index in [-0.39, 0.29) is 11.5 Å². The molecule has 0 bridgehead atoms. The van der Waals surface area contributed by atoms with Crippen LogP contribution in [0.2, 0.25) is 0 Å². The molecular formula is C25H21NO2S2. The zero-order chi connectivity index (χ0) is 20.8. The van der Waals surface area contributed by atoms with Crippen LogP contribution in [0.5, 0.6) is 0 Å². The second-order valence-corrected chi connectivity index (χ2v) is 9.39. The Labute approximate surface area is 184 Å². The SMILES string of the molecule is CCc1c(/C=C2\C(=O)C(/C=C3\Sc4ccccc4N3CC)=C2O)sc2ccccc12. The molecule has 0 radical (unpaired) electrons. The fraction of sp³-hybridized carbons (Fsp3) is 0.160. The van der Waals surface area contributed by atoms with E-state index in [0.717, 1.165) is 28.6 Å². The van der Waals surface area contributed by atoms with Gasteiger partial charge >= 0.3 is 0 Å². The molecule has 0 atom stereocenters. The summed E-state index contributed by atoms with van der Waals surface area (Å²) >= 11 is 3.31. The standard InChI is InChI=1S/C25H21NO2S2/c1-3-15-16-9-5-7-11-20(16)29-22(15)13-17-24(27)18(25(17)28)14-23-26(4-2)19-10-6-8-12-21(19)30-23/h5-14,27H,3-4H2,1-2H3/b17-13-,23-14-. The van der Waals surface area contributed by atoms with Gasteiger partial charge in [0.05, 0.1) is 21.9 Å². The number of fused-ring (bicyclic) bond motifs is 2. The van der Waals surface area contributed by atoms with Crippen LogP contribution in [0.1, 0.15) is 24.3 Å². The van der Waals surface area contributed by atoms with E-state index in [1.807, 2.05) is 36.4 Å². The average molecular weight is 432 g/mol. The first-order valence-electron chi connectivity index (χ1n) is 10.1. The molecule has 1 aliphatic carbocycles. The lowest BCUT2D eigenvalue weighted by molar-refractivity contribution is -0.113.